The second-order valence-electron chi connectivity index (χ2n) is 5.46. The van der Waals surface area contributed by atoms with E-state index in [4.69, 9.17) is 14.6 Å². The minimum Gasteiger partial charge on any atom is -0.494 e. The third-order valence-corrected chi connectivity index (χ3v) is 3.55. The van der Waals surface area contributed by atoms with Crippen LogP contribution in [0.2, 0.25) is 0 Å². The number of hydrogen-bond acceptors (Lipinski definition) is 4. The van der Waals surface area contributed by atoms with Gasteiger partial charge in [-0.2, -0.15) is 0 Å². The fourth-order valence-corrected chi connectivity index (χ4v) is 2.18. The summed E-state index contributed by atoms with van der Waals surface area (Å²) in [4.78, 5) is 22.6. The Morgan fingerprint density at radius 1 is 1.15 bits per heavy atom. The van der Waals surface area contributed by atoms with Gasteiger partial charge >= 0.3 is 5.97 Å². The van der Waals surface area contributed by atoms with Gasteiger partial charge in [0, 0.05) is 12.0 Å². The molecule has 6 heteroatoms. The maximum Gasteiger partial charge on any atom is 0.303 e. The minimum absolute atomic E-state index is 0.0489. The fourth-order valence-electron chi connectivity index (χ4n) is 2.18. The summed E-state index contributed by atoms with van der Waals surface area (Å²) in [6.45, 7) is 0.294. The molecule has 0 saturated carbocycles. The second-order valence-corrected chi connectivity index (χ2v) is 5.46. The minimum atomic E-state index is -0.863. The molecule has 0 fully saturated rings. The van der Waals surface area contributed by atoms with E-state index in [1.54, 1.807) is 30.3 Å². The highest BCUT2D eigenvalue weighted by Gasteiger charge is 2.05. The summed E-state index contributed by atoms with van der Waals surface area (Å²) in [6.07, 6.45) is 3.36. The van der Waals surface area contributed by atoms with Gasteiger partial charge in [0.1, 0.15) is 5.75 Å². The van der Waals surface area contributed by atoms with Crippen molar-refractivity contribution >= 4 is 17.8 Å². The molecule has 0 radical (unpaired) electrons. The van der Waals surface area contributed by atoms with Crippen molar-refractivity contribution in [3.8, 4) is 11.5 Å². The molecule has 5 nitrogen and oxygen atoms in total. The lowest BCUT2D eigenvalue weighted by molar-refractivity contribution is -0.137. The van der Waals surface area contributed by atoms with E-state index in [2.05, 4.69) is 0 Å². The first-order chi connectivity index (χ1) is 12.5. The number of methoxy groups -OCH3 is 1. The molecule has 0 bridgehead atoms. The average Bonchev–Trinajstić information content (AvgIpc) is 2.63. The zero-order chi connectivity index (χ0) is 18.9. The fraction of sp³-hybridized carbons (Fsp3) is 0.200. The Labute approximate surface area is 150 Å². The van der Waals surface area contributed by atoms with Gasteiger partial charge < -0.3 is 14.6 Å². The number of allylic oxidation sites excluding steroid dienone is 1. The molecule has 2 rings (SSSR count). The summed E-state index contributed by atoms with van der Waals surface area (Å²) in [6, 6.07) is 11.0. The number of rotatable bonds is 9. The molecule has 0 aliphatic carbocycles. The molecule has 0 unspecified atom stereocenters. The van der Waals surface area contributed by atoms with Gasteiger partial charge in [-0.1, -0.05) is 12.1 Å². The molecule has 26 heavy (non-hydrogen) atoms. The highest BCUT2D eigenvalue weighted by molar-refractivity contribution is 6.06. The average molecular weight is 358 g/mol. The molecule has 1 N–H and O–H groups in total. The molecular formula is C20H19FO5. The van der Waals surface area contributed by atoms with E-state index in [9.17, 15) is 14.0 Å². The summed E-state index contributed by atoms with van der Waals surface area (Å²) < 4.78 is 23.9. The molecule has 0 aliphatic rings. The van der Waals surface area contributed by atoms with E-state index < -0.39 is 11.8 Å². The van der Waals surface area contributed by atoms with Gasteiger partial charge in [-0.15, -0.1) is 0 Å². The maximum atomic E-state index is 13.6. The van der Waals surface area contributed by atoms with Gasteiger partial charge in [0.25, 0.3) is 0 Å². The topological polar surface area (TPSA) is 72.8 Å². The van der Waals surface area contributed by atoms with Crippen molar-refractivity contribution in [2.24, 2.45) is 0 Å². The van der Waals surface area contributed by atoms with E-state index >= 15 is 0 Å². The summed E-state index contributed by atoms with van der Waals surface area (Å²) in [5, 5.41) is 8.56. The Hall–Kier alpha value is -3.15. The highest BCUT2D eigenvalue weighted by atomic mass is 19.1. The third kappa shape index (κ3) is 5.73. The summed E-state index contributed by atoms with van der Waals surface area (Å²) in [5.74, 6) is -0.871. The molecule has 0 heterocycles. The van der Waals surface area contributed by atoms with Crippen molar-refractivity contribution in [3.63, 3.8) is 0 Å². The summed E-state index contributed by atoms with van der Waals surface area (Å²) in [5.41, 5.74) is 1.02. The monoisotopic (exact) mass is 358 g/mol. The van der Waals surface area contributed by atoms with E-state index in [1.165, 1.54) is 31.4 Å². The van der Waals surface area contributed by atoms with Crippen LogP contribution in [0.1, 0.15) is 28.8 Å². The predicted molar refractivity (Wildman–Crippen MR) is 95.1 cm³/mol. The van der Waals surface area contributed by atoms with Gasteiger partial charge in [-0.05, 0) is 54.5 Å². The second kappa shape index (κ2) is 9.36. The predicted octanol–water partition coefficient (Wildman–Crippen LogP) is 3.97. The van der Waals surface area contributed by atoms with E-state index in [1.807, 2.05) is 0 Å². The number of ether oxygens (including phenoxy) is 2. The number of carboxylic acid groups (broad SMARTS) is 1. The Bertz CT molecular complexity index is 796. The number of carboxylic acids is 1. The molecule has 0 aliphatic heterocycles. The van der Waals surface area contributed by atoms with Crippen LogP contribution in [-0.4, -0.2) is 30.6 Å². The normalized spacial score (nSPS) is 10.7. The molecule has 2 aromatic rings. The molecule has 0 amide bonds. The number of carbonyl (C=O) groups is 2. The van der Waals surface area contributed by atoms with Gasteiger partial charge in [0.05, 0.1) is 13.7 Å². The van der Waals surface area contributed by atoms with E-state index in [0.29, 0.717) is 29.9 Å². The number of halogens is 1. The number of benzene rings is 2. The van der Waals surface area contributed by atoms with Crippen LogP contribution in [0.25, 0.3) is 6.08 Å². The Morgan fingerprint density at radius 3 is 2.50 bits per heavy atom. The third-order valence-electron chi connectivity index (χ3n) is 3.55. The van der Waals surface area contributed by atoms with Gasteiger partial charge in [0.15, 0.2) is 17.3 Å². The summed E-state index contributed by atoms with van der Waals surface area (Å²) in [7, 11) is 1.39. The lowest BCUT2D eigenvalue weighted by Crippen LogP contribution is -2.02. The SMILES string of the molecule is COc1ccc(/C=C/C(=O)c2ccc(OCCCC(=O)O)cc2)cc1F. The summed E-state index contributed by atoms with van der Waals surface area (Å²) >= 11 is 0. The number of aliphatic carboxylic acids is 1. The first-order valence-electron chi connectivity index (χ1n) is 8.00. The molecule has 0 atom stereocenters. The van der Waals surface area contributed by atoms with Crippen LogP contribution in [0, 0.1) is 5.82 Å². The first-order valence-corrected chi connectivity index (χ1v) is 8.00. The number of ketones is 1. The van der Waals surface area contributed by atoms with Crippen LogP contribution < -0.4 is 9.47 Å². The largest absolute Gasteiger partial charge is 0.494 e. The van der Waals surface area contributed by atoms with Crippen molar-refractivity contribution < 1.29 is 28.6 Å². The molecule has 136 valence electrons. The molecule has 0 saturated heterocycles. The Morgan fingerprint density at radius 2 is 1.88 bits per heavy atom. The molecule has 0 spiro atoms. The maximum absolute atomic E-state index is 13.6. The highest BCUT2D eigenvalue weighted by Crippen LogP contribution is 2.19. The van der Waals surface area contributed by atoms with Crippen molar-refractivity contribution in [1.82, 2.24) is 0 Å². The van der Waals surface area contributed by atoms with Crippen LogP contribution in [0.3, 0.4) is 0 Å². The van der Waals surface area contributed by atoms with Crippen molar-refractivity contribution in [1.29, 1.82) is 0 Å². The smallest absolute Gasteiger partial charge is 0.303 e. The van der Waals surface area contributed by atoms with E-state index in [0.717, 1.165) is 0 Å². The first kappa shape index (κ1) is 19.2. The zero-order valence-corrected chi connectivity index (χ0v) is 14.3. The lowest BCUT2D eigenvalue weighted by Gasteiger charge is -2.05. The quantitative estimate of drug-likeness (QED) is 0.417. The van der Waals surface area contributed by atoms with Crippen LogP contribution in [0.5, 0.6) is 11.5 Å². The van der Waals surface area contributed by atoms with Crippen molar-refractivity contribution in [2.45, 2.75) is 12.8 Å². The van der Waals surface area contributed by atoms with Crippen LogP contribution in [0.4, 0.5) is 4.39 Å². The van der Waals surface area contributed by atoms with Gasteiger partial charge in [0.2, 0.25) is 0 Å². The zero-order valence-electron chi connectivity index (χ0n) is 14.3. The number of carbonyl (C=O) groups excluding carboxylic acids is 1. The Kier molecular flexibility index (Phi) is 6.91. The number of hydrogen-bond donors (Lipinski definition) is 1. The van der Waals surface area contributed by atoms with Crippen LogP contribution in [-0.2, 0) is 4.79 Å². The van der Waals surface area contributed by atoms with Crippen molar-refractivity contribution in [2.75, 3.05) is 13.7 Å². The van der Waals surface area contributed by atoms with E-state index in [-0.39, 0.29) is 18.0 Å². The van der Waals surface area contributed by atoms with Crippen LogP contribution in [0.15, 0.2) is 48.5 Å². The molecule has 0 aromatic heterocycles. The van der Waals surface area contributed by atoms with Gasteiger partial charge in [-0.25, -0.2) is 4.39 Å². The Balaban J connectivity index is 1.92. The van der Waals surface area contributed by atoms with Crippen molar-refractivity contribution in [3.05, 3.63) is 65.5 Å². The lowest BCUT2D eigenvalue weighted by atomic mass is 10.1. The molecule has 2 aromatic carbocycles. The molecular weight excluding hydrogens is 339 g/mol. The van der Waals surface area contributed by atoms with Gasteiger partial charge in [-0.3, -0.25) is 9.59 Å². The van der Waals surface area contributed by atoms with Crippen LogP contribution >= 0.6 is 0 Å². The standard InChI is InChI=1S/C20H19FO5/c1-25-19-11-5-14(13-17(19)21)4-10-18(22)15-6-8-16(9-7-15)26-12-2-3-20(23)24/h4-11,13H,2-3,12H2,1H3,(H,23,24)/b10-4+.